The lowest BCUT2D eigenvalue weighted by molar-refractivity contribution is -0.144. The molecule has 0 aromatic rings. The van der Waals surface area contributed by atoms with Gasteiger partial charge in [-0.3, -0.25) is 4.79 Å². The van der Waals surface area contributed by atoms with Gasteiger partial charge >= 0.3 is 5.97 Å². The first-order chi connectivity index (χ1) is 6.24. The van der Waals surface area contributed by atoms with E-state index in [2.05, 4.69) is 29.5 Å². The van der Waals surface area contributed by atoms with Crippen molar-refractivity contribution >= 4 is 28.6 Å². The van der Waals surface area contributed by atoms with Crippen LogP contribution in [0.1, 0.15) is 39.5 Å². The molecule has 0 saturated heterocycles. The summed E-state index contributed by atoms with van der Waals surface area (Å²) in [5.41, 5.74) is 0. The molecule has 0 spiro atoms. The number of rotatable bonds is 7. The highest BCUT2D eigenvalue weighted by Gasteiger charge is 2.08. The number of hydrogen-bond donors (Lipinski definition) is 0. The number of halogens is 1. The van der Waals surface area contributed by atoms with Gasteiger partial charge in [-0.05, 0) is 6.42 Å². The van der Waals surface area contributed by atoms with Crippen LogP contribution in [-0.2, 0) is 9.53 Å². The van der Waals surface area contributed by atoms with E-state index in [0.717, 1.165) is 4.43 Å². The van der Waals surface area contributed by atoms with Crippen molar-refractivity contribution in [1.29, 1.82) is 0 Å². The number of hydrogen-bond acceptors (Lipinski definition) is 2. The van der Waals surface area contributed by atoms with E-state index in [1.54, 1.807) is 0 Å². The van der Waals surface area contributed by atoms with Crippen molar-refractivity contribution in [1.82, 2.24) is 0 Å². The lowest BCUT2D eigenvalue weighted by Crippen LogP contribution is -2.14. The van der Waals surface area contributed by atoms with Crippen LogP contribution in [0.3, 0.4) is 0 Å². The molecule has 0 aliphatic carbocycles. The molecule has 0 aromatic carbocycles. The minimum Gasteiger partial charge on any atom is -0.465 e. The molecular formula is C10H19IO2. The number of ether oxygens (including phenoxy) is 1. The van der Waals surface area contributed by atoms with E-state index in [-0.39, 0.29) is 5.97 Å². The zero-order valence-corrected chi connectivity index (χ0v) is 10.7. The van der Waals surface area contributed by atoms with Crippen LogP contribution in [0, 0.1) is 5.92 Å². The van der Waals surface area contributed by atoms with Crippen molar-refractivity contribution in [3.63, 3.8) is 0 Å². The summed E-state index contributed by atoms with van der Waals surface area (Å²) in [5, 5.41) is 0. The van der Waals surface area contributed by atoms with Crippen LogP contribution in [0.4, 0.5) is 0 Å². The fourth-order valence-corrected chi connectivity index (χ4v) is 1.71. The molecule has 0 N–H and O–H groups in total. The summed E-state index contributed by atoms with van der Waals surface area (Å²) in [4.78, 5) is 10.9. The van der Waals surface area contributed by atoms with Gasteiger partial charge in [0.15, 0.2) is 0 Å². The summed E-state index contributed by atoms with van der Waals surface area (Å²) in [6.07, 6.45) is 4.12. The van der Waals surface area contributed by atoms with Gasteiger partial charge in [0, 0.05) is 16.8 Å². The van der Waals surface area contributed by atoms with Gasteiger partial charge in [0.25, 0.3) is 0 Å². The van der Waals surface area contributed by atoms with Crippen LogP contribution >= 0.6 is 22.6 Å². The van der Waals surface area contributed by atoms with Crippen molar-refractivity contribution < 1.29 is 9.53 Å². The number of unbranched alkanes of at least 4 members (excludes halogenated alkanes) is 1. The minimum absolute atomic E-state index is 0.0775. The lowest BCUT2D eigenvalue weighted by Gasteiger charge is -2.13. The van der Waals surface area contributed by atoms with Crippen molar-refractivity contribution in [3.05, 3.63) is 0 Å². The lowest BCUT2D eigenvalue weighted by atomic mass is 10.1. The predicted molar refractivity (Wildman–Crippen MR) is 63.2 cm³/mol. The fraction of sp³-hybridized carbons (Fsp3) is 0.900. The molecule has 0 fully saturated rings. The summed E-state index contributed by atoms with van der Waals surface area (Å²) in [7, 11) is 0. The van der Waals surface area contributed by atoms with Gasteiger partial charge in [-0.15, -0.1) is 0 Å². The maximum atomic E-state index is 10.9. The van der Waals surface area contributed by atoms with Crippen LogP contribution in [0.25, 0.3) is 0 Å². The first-order valence-electron chi connectivity index (χ1n) is 4.96. The molecule has 1 unspecified atom stereocenters. The van der Waals surface area contributed by atoms with Gasteiger partial charge in [0.05, 0.1) is 6.61 Å². The van der Waals surface area contributed by atoms with Gasteiger partial charge < -0.3 is 4.74 Å². The summed E-state index contributed by atoms with van der Waals surface area (Å²) < 4.78 is 6.18. The Labute approximate surface area is 94.6 Å². The monoisotopic (exact) mass is 298 g/mol. The molecule has 0 aliphatic heterocycles. The van der Waals surface area contributed by atoms with Crippen LogP contribution in [0.5, 0.6) is 0 Å². The first-order valence-corrected chi connectivity index (χ1v) is 6.48. The Morgan fingerprint density at radius 2 is 2.15 bits per heavy atom. The maximum absolute atomic E-state index is 10.9. The maximum Gasteiger partial charge on any atom is 0.305 e. The molecule has 0 rings (SSSR count). The van der Waals surface area contributed by atoms with Gasteiger partial charge in [-0.1, -0.05) is 49.3 Å². The summed E-state index contributed by atoms with van der Waals surface area (Å²) in [5.74, 6) is 0.474. The van der Waals surface area contributed by atoms with E-state index < -0.39 is 0 Å². The Morgan fingerprint density at radius 1 is 1.46 bits per heavy atom. The first kappa shape index (κ1) is 13.2. The van der Waals surface area contributed by atoms with Gasteiger partial charge in [-0.2, -0.15) is 0 Å². The second-order valence-corrected chi connectivity index (χ2v) is 4.08. The molecule has 13 heavy (non-hydrogen) atoms. The van der Waals surface area contributed by atoms with Gasteiger partial charge in [0.2, 0.25) is 0 Å². The molecule has 0 amide bonds. The highest BCUT2D eigenvalue weighted by molar-refractivity contribution is 14.1. The molecular weight excluding hydrogens is 279 g/mol. The summed E-state index contributed by atoms with van der Waals surface area (Å²) >= 11 is 2.36. The van der Waals surface area contributed by atoms with Crippen LogP contribution in [-0.4, -0.2) is 17.0 Å². The zero-order chi connectivity index (χ0) is 10.1. The smallest absolute Gasteiger partial charge is 0.305 e. The molecule has 1 atom stereocenters. The normalized spacial score (nSPS) is 12.5. The third kappa shape index (κ3) is 7.28. The molecule has 0 aliphatic rings. The molecule has 0 aromatic heterocycles. The highest BCUT2D eigenvalue weighted by atomic mass is 127. The Kier molecular flexibility index (Phi) is 8.92. The summed E-state index contributed by atoms with van der Waals surface area (Å²) in [6.45, 7) is 4.62. The van der Waals surface area contributed by atoms with Crippen LogP contribution < -0.4 is 0 Å². The number of carbonyl (C=O) groups excluding carboxylic acids is 1. The van der Waals surface area contributed by atoms with E-state index >= 15 is 0 Å². The van der Waals surface area contributed by atoms with E-state index in [1.165, 1.54) is 19.3 Å². The predicted octanol–water partition coefficient (Wildman–Crippen LogP) is 3.18. The average Bonchev–Trinajstić information content (AvgIpc) is 2.17. The quantitative estimate of drug-likeness (QED) is 0.410. The Bertz CT molecular complexity index is 137. The topological polar surface area (TPSA) is 26.3 Å². The zero-order valence-electron chi connectivity index (χ0n) is 8.51. The third-order valence-corrected chi connectivity index (χ3v) is 3.20. The SMILES string of the molecule is CCCCC(CI)COC(=O)CC. The Morgan fingerprint density at radius 3 is 2.62 bits per heavy atom. The molecule has 0 saturated carbocycles. The molecule has 0 radical (unpaired) electrons. The molecule has 0 bridgehead atoms. The molecule has 3 heteroatoms. The fourth-order valence-electron chi connectivity index (χ4n) is 1.01. The number of alkyl halides is 1. The van der Waals surface area contributed by atoms with Crippen LogP contribution in [0.15, 0.2) is 0 Å². The van der Waals surface area contributed by atoms with E-state index in [1.807, 2.05) is 6.92 Å². The Hall–Kier alpha value is 0.200. The van der Waals surface area contributed by atoms with E-state index in [0.29, 0.717) is 18.9 Å². The largest absolute Gasteiger partial charge is 0.465 e. The van der Waals surface area contributed by atoms with Gasteiger partial charge in [-0.25, -0.2) is 0 Å². The second-order valence-electron chi connectivity index (χ2n) is 3.20. The van der Waals surface area contributed by atoms with Crippen molar-refractivity contribution in [2.75, 3.05) is 11.0 Å². The number of esters is 1. The molecule has 2 nitrogen and oxygen atoms in total. The molecule has 78 valence electrons. The minimum atomic E-state index is -0.0775. The number of carbonyl (C=O) groups is 1. The van der Waals surface area contributed by atoms with Gasteiger partial charge in [0.1, 0.15) is 0 Å². The summed E-state index contributed by atoms with van der Waals surface area (Å²) in [6, 6.07) is 0. The highest BCUT2D eigenvalue weighted by Crippen LogP contribution is 2.12. The Balaban J connectivity index is 3.52. The third-order valence-electron chi connectivity index (χ3n) is 1.95. The second kappa shape index (κ2) is 8.78. The average molecular weight is 298 g/mol. The molecule has 0 heterocycles. The van der Waals surface area contributed by atoms with Crippen molar-refractivity contribution in [3.8, 4) is 0 Å². The van der Waals surface area contributed by atoms with Crippen LogP contribution in [0.2, 0.25) is 0 Å². The van der Waals surface area contributed by atoms with E-state index in [4.69, 9.17) is 4.74 Å². The van der Waals surface area contributed by atoms with Crippen molar-refractivity contribution in [2.45, 2.75) is 39.5 Å². The van der Waals surface area contributed by atoms with Crippen molar-refractivity contribution in [2.24, 2.45) is 5.92 Å². The standard InChI is InChI=1S/C10H19IO2/c1-3-5-6-9(7-11)8-13-10(12)4-2/h9H,3-8H2,1-2H3. The van der Waals surface area contributed by atoms with E-state index in [9.17, 15) is 4.79 Å².